The molecule has 1 atom stereocenters. The summed E-state index contributed by atoms with van der Waals surface area (Å²) in [6.07, 6.45) is 7.73. The van der Waals surface area contributed by atoms with Gasteiger partial charge in [-0.15, -0.1) is 0 Å². The van der Waals surface area contributed by atoms with Crippen molar-refractivity contribution in [2.24, 2.45) is 10.7 Å². The van der Waals surface area contributed by atoms with Crippen LogP contribution in [-0.4, -0.2) is 33.3 Å². The molecule has 3 heterocycles. The standard InChI is InChI=1S/C23H26N6/c1-16-7-3-4-9-18(16)19(24)15-20(23-25-12-13-26-23)27-21-10-5-11-22(28-21)29-14-6-8-17(29)2/h3-5,7,9-13,15,17H,6,8,14,24H2,1-2H3,(H,25,26)/b19-15-,27-20?. The monoisotopic (exact) mass is 386 g/mol. The van der Waals surface area contributed by atoms with E-state index in [1.54, 1.807) is 12.4 Å². The van der Waals surface area contributed by atoms with E-state index in [9.17, 15) is 0 Å². The van der Waals surface area contributed by atoms with E-state index in [0.717, 1.165) is 23.5 Å². The molecule has 29 heavy (non-hydrogen) atoms. The third-order valence-corrected chi connectivity index (χ3v) is 5.29. The average Bonchev–Trinajstić information content (AvgIpc) is 3.40. The maximum Gasteiger partial charge on any atom is 0.156 e. The summed E-state index contributed by atoms with van der Waals surface area (Å²) in [6, 6.07) is 14.5. The second-order valence-electron chi connectivity index (χ2n) is 7.39. The van der Waals surface area contributed by atoms with Gasteiger partial charge in [0.1, 0.15) is 11.5 Å². The van der Waals surface area contributed by atoms with E-state index in [1.807, 2.05) is 55.5 Å². The smallest absolute Gasteiger partial charge is 0.156 e. The fraction of sp³-hybridized carbons (Fsp3) is 0.261. The number of nitrogens with one attached hydrogen (secondary N) is 1. The van der Waals surface area contributed by atoms with E-state index < -0.39 is 0 Å². The Hall–Kier alpha value is -3.41. The maximum absolute atomic E-state index is 6.41. The molecule has 0 aliphatic carbocycles. The third-order valence-electron chi connectivity index (χ3n) is 5.29. The van der Waals surface area contributed by atoms with Crippen molar-refractivity contribution in [2.45, 2.75) is 32.7 Å². The largest absolute Gasteiger partial charge is 0.398 e. The molecule has 2 aromatic heterocycles. The lowest BCUT2D eigenvalue weighted by atomic mass is 10.1. The first kappa shape index (κ1) is 18.9. The highest BCUT2D eigenvalue weighted by Crippen LogP contribution is 2.25. The summed E-state index contributed by atoms with van der Waals surface area (Å²) in [5, 5.41) is 0. The van der Waals surface area contributed by atoms with Gasteiger partial charge >= 0.3 is 0 Å². The molecule has 4 rings (SSSR count). The topological polar surface area (TPSA) is 83.2 Å². The summed E-state index contributed by atoms with van der Waals surface area (Å²) < 4.78 is 0. The Bertz CT molecular complexity index is 1040. The molecule has 148 valence electrons. The molecule has 0 amide bonds. The van der Waals surface area contributed by atoms with Crippen LogP contribution in [0.5, 0.6) is 0 Å². The van der Waals surface area contributed by atoms with Crippen LogP contribution in [0.3, 0.4) is 0 Å². The highest BCUT2D eigenvalue weighted by Gasteiger charge is 2.21. The van der Waals surface area contributed by atoms with Crippen molar-refractivity contribution in [3.63, 3.8) is 0 Å². The van der Waals surface area contributed by atoms with Gasteiger partial charge in [0, 0.05) is 36.2 Å². The van der Waals surface area contributed by atoms with E-state index in [0.29, 0.717) is 29.1 Å². The van der Waals surface area contributed by atoms with Crippen molar-refractivity contribution in [1.82, 2.24) is 15.0 Å². The number of aliphatic imine (C=N–C) groups is 1. The number of imidazole rings is 1. The summed E-state index contributed by atoms with van der Waals surface area (Å²) >= 11 is 0. The van der Waals surface area contributed by atoms with Gasteiger partial charge in [0.05, 0.1) is 0 Å². The fourth-order valence-corrected chi connectivity index (χ4v) is 3.71. The third kappa shape index (κ3) is 4.21. The van der Waals surface area contributed by atoms with Crippen molar-refractivity contribution in [3.05, 3.63) is 77.9 Å². The quantitative estimate of drug-likeness (QED) is 0.643. The van der Waals surface area contributed by atoms with Crippen molar-refractivity contribution >= 4 is 23.0 Å². The van der Waals surface area contributed by atoms with Gasteiger partial charge in [-0.05, 0) is 50.5 Å². The van der Waals surface area contributed by atoms with E-state index in [-0.39, 0.29) is 0 Å². The first-order valence-electron chi connectivity index (χ1n) is 9.97. The van der Waals surface area contributed by atoms with Gasteiger partial charge in [0.2, 0.25) is 0 Å². The minimum absolute atomic E-state index is 0.503. The molecule has 0 spiro atoms. The van der Waals surface area contributed by atoms with E-state index in [1.165, 1.54) is 12.8 Å². The van der Waals surface area contributed by atoms with Crippen molar-refractivity contribution in [1.29, 1.82) is 0 Å². The van der Waals surface area contributed by atoms with E-state index in [4.69, 9.17) is 15.7 Å². The Kier molecular flexibility index (Phi) is 5.42. The first-order chi connectivity index (χ1) is 14.1. The molecule has 3 aromatic rings. The minimum Gasteiger partial charge on any atom is -0.398 e. The van der Waals surface area contributed by atoms with Crippen LogP contribution in [0.2, 0.25) is 0 Å². The zero-order valence-electron chi connectivity index (χ0n) is 16.8. The van der Waals surface area contributed by atoms with Crippen LogP contribution in [-0.2, 0) is 0 Å². The molecule has 0 saturated carbocycles. The molecule has 1 unspecified atom stereocenters. The lowest BCUT2D eigenvalue weighted by Crippen LogP contribution is -2.26. The summed E-state index contributed by atoms with van der Waals surface area (Å²) in [5.74, 6) is 2.26. The number of aromatic amines is 1. The maximum atomic E-state index is 6.41. The highest BCUT2D eigenvalue weighted by atomic mass is 15.2. The van der Waals surface area contributed by atoms with Gasteiger partial charge in [-0.1, -0.05) is 30.3 Å². The minimum atomic E-state index is 0.503. The molecular weight excluding hydrogens is 360 g/mol. The molecule has 1 saturated heterocycles. The summed E-state index contributed by atoms with van der Waals surface area (Å²) in [7, 11) is 0. The van der Waals surface area contributed by atoms with Crippen LogP contribution < -0.4 is 10.6 Å². The number of aromatic nitrogens is 3. The summed E-state index contributed by atoms with van der Waals surface area (Å²) in [4.78, 5) is 19.4. The number of hydrogen-bond acceptors (Lipinski definition) is 5. The summed E-state index contributed by atoms with van der Waals surface area (Å²) in [6.45, 7) is 5.32. The molecular formula is C23H26N6. The SMILES string of the molecule is Cc1ccccc1/C(N)=C/C(=Nc1cccc(N2CCCC2C)n1)c1ncc[nH]1. The van der Waals surface area contributed by atoms with E-state index >= 15 is 0 Å². The predicted octanol–water partition coefficient (Wildman–Crippen LogP) is 4.22. The number of anilines is 1. The zero-order chi connectivity index (χ0) is 20.2. The lowest BCUT2D eigenvalue weighted by molar-refractivity contribution is 0.727. The van der Waals surface area contributed by atoms with Crippen LogP contribution in [0.15, 0.2) is 65.9 Å². The Labute approximate surface area is 171 Å². The van der Waals surface area contributed by atoms with Gasteiger partial charge in [-0.2, -0.15) is 0 Å². The molecule has 3 N–H and O–H groups in total. The molecule has 1 aromatic carbocycles. The molecule has 6 heteroatoms. The molecule has 0 bridgehead atoms. The first-order valence-corrected chi connectivity index (χ1v) is 9.97. The highest BCUT2D eigenvalue weighted by molar-refractivity contribution is 6.10. The molecule has 0 radical (unpaired) electrons. The number of nitrogens with two attached hydrogens (primary N) is 1. The number of pyridine rings is 1. The Morgan fingerprint density at radius 3 is 2.83 bits per heavy atom. The van der Waals surface area contributed by atoms with Crippen molar-refractivity contribution < 1.29 is 0 Å². The average molecular weight is 387 g/mol. The van der Waals surface area contributed by atoms with Gasteiger partial charge in [0.15, 0.2) is 11.6 Å². The normalized spacial score (nSPS) is 17.7. The van der Waals surface area contributed by atoms with Gasteiger partial charge in [-0.25, -0.2) is 15.0 Å². The Morgan fingerprint density at radius 2 is 2.10 bits per heavy atom. The van der Waals surface area contributed by atoms with Crippen LogP contribution >= 0.6 is 0 Å². The number of benzene rings is 1. The molecule has 6 nitrogen and oxygen atoms in total. The number of rotatable bonds is 5. The van der Waals surface area contributed by atoms with Crippen molar-refractivity contribution in [2.75, 3.05) is 11.4 Å². The second-order valence-corrected chi connectivity index (χ2v) is 7.39. The Balaban J connectivity index is 1.72. The van der Waals surface area contributed by atoms with Crippen LogP contribution in [0.4, 0.5) is 11.6 Å². The number of hydrogen-bond donors (Lipinski definition) is 2. The van der Waals surface area contributed by atoms with Crippen LogP contribution in [0, 0.1) is 6.92 Å². The van der Waals surface area contributed by atoms with Gasteiger partial charge in [0.25, 0.3) is 0 Å². The number of aryl methyl sites for hydroxylation is 1. The molecule has 1 fully saturated rings. The fourth-order valence-electron chi connectivity index (χ4n) is 3.71. The number of nitrogens with zero attached hydrogens (tertiary/aromatic N) is 4. The van der Waals surface area contributed by atoms with Crippen LogP contribution in [0.1, 0.15) is 36.7 Å². The van der Waals surface area contributed by atoms with Crippen molar-refractivity contribution in [3.8, 4) is 0 Å². The predicted molar refractivity (Wildman–Crippen MR) is 118 cm³/mol. The van der Waals surface area contributed by atoms with Gasteiger partial charge < -0.3 is 15.6 Å². The molecule has 1 aliphatic rings. The number of allylic oxidation sites excluding steroid dienone is 1. The Morgan fingerprint density at radius 1 is 1.24 bits per heavy atom. The van der Waals surface area contributed by atoms with E-state index in [2.05, 4.69) is 21.8 Å². The zero-order valence-corrected chi connectivity index (χ0v) is 16.8. The lowest BCUT2D eigenvalue weighted by Gasteiger charge is -2.22. The molecule has 1 aliphatic heterocycles. The van der Waals surface area contributed by atoms with Gasteiger partial charge in [-0.3, -0.25) is 0 Å². The summed E-state index contributed by atoms with van der Waals surface area (Å²) in [5.41, 5.74) is 9.80. The van der Waals surface area contributed by atoms with Crippen LogP contribution in [0.25, 0.3) is 5.70 Å². The second kappa shape index (κ2) is 8.31. The number of H-pyrrole nitrogens is 1.